The average Bonchev–Trinajstić information content (AvgIpc) is 4.02. The average molecular weight is 1190 g/mol. The number of hydrogen-bond acceptors (Lipinski definition) is 6. The van der Waals surface area contributed by atoms with Crippen LogP contribution in [0.25, 0.3) is 94.3 Å². The number of nitrogens with zero attached hydrogens (tertiary/aromatic N) is 5. The van der Waals surface area contributed by atoms with Crippen LogP contribution in [0, 0.1) is 25.0 Å². The number of hydrogen-bond donors (Lipinski definition) is 0. The van der Waals surface area contributed by atoms with Crippen molar-refractivity contribution in [1.82, 2.24) is 24.5 Å². The first kappa shape index (κ1) is 49.8. The summed E-state index contributed by atoms with van der Waals surface area (Å²) < 4.78 is 56.5. The Morgan fingerprint density at radius 1 is 0.690 bits per heavy atom. The van der Waals surface area contributed by atoms with Gasteiger partial charge in [0, 0.05) is 42.3 Å². The quantitative estimate of drug-likeness (QED) is 0.111. The molecule has 11 rings (SSSR count). The molecule has 71 heavy (non-hydrogen) atoms. The van der Waals surface area contributed by atoms with Crippen molar-refractivity contribution in [3.63, 3.8) is 0 Å². The molecular formula is C59H54F3GeIrN5O2-2. The Kier molecular flexibility index (Phi) is 13.4. The monoisotopic (exact) mass is 1190 g/mol. The Balaban J connectivity index is 0.000000192. The molecule has 0 unspecified atom stereocenters. The molecule has 0 atom stereocenters. The zero-order valence-electron chi connectivity index (χ0n) is 41.4. The standard InChI is InChI=1S/C35H28F3N4O.C24H26GeNO.Ir/c1-18(2)22-8-6-9-23(19(3)4)30(22)42-31-27(16-14-21-13-12-20(5)39-29(21)31)40-33(42)26-11-7-10-24-25-15-17-28(35(36,37)38)41-34(25)43-32(24)26;1-16(2)13-17-14-22(26-15-21(17)25(3,4)5)20-11-8-10-19-18-9-6-7-12-23(18)27-24(19)20;/h6-10,12-19H,1-5H3;6-10,12,14-16H,13H2,1-5H3;/q2*-1;. The van der Waals surface area contributed by atoms with Crippen LogP contribution in [0.3, 0.4) is 0 Å². The van der Waals surface area contributed by atoms with Crippen LogP contribution in [-0.4, -0.2) is 37.8 Å². The smallest absolute Gasteiger partial charge is 0.433 e. The second-order valence-corrected chi connectivity index (χ2v) is 30.9. The predicted molar refractivity (Wildman–Crippen MR) is 281 cm³/mol. The van der Waals surface area contributed by atoms with Gasteiger partial charge in [-0.1, -0.05) is 69.0 Å². The van der Waals surface area contributed by atoms with Gasteiger partial charge in [-0.2, -0.15) is 13.2 Å². The molecule has 0 N–H and O–H groups in total. The van der Waals surface area contributed by atoms with Gasteiger partial charge in [0.25, 0.3) is 0 Å². The first-order valence-electron chi connectivity index (χ1n) is 23.9. The molecule has 6 heterocycles. The van der Waals surface area contributed by atoms with Gasteiger partial charge in [0.1, 0.15) is 5.69 Å². The van der Waals surface area contributed by atoms with E-state index >= 15 is 0 Å². The number of aryl methyl sites for hydroxylation is 1. The molecule has 12 heteroatoms. The molecule has 0 amide bonds. The Bertz CT molecular complexity index is 3780. The van der Waals surface area contributed by atoms with E-state index in [0.29, 0.717) is 33.7 Å². The molecule has 0 aliphatic rings. The molecule has 0 saturated heterocycles. The van der Waals surface area contributed by atoms with Crippen molar-refractivity contribution in [1.29, 1.82) is 0 Å². The third-order valence-electron chi connectivity index (χ3n) is 13.0. The number of furan rings is 2. The summed E-state index contributed by atoms with van der Waals surface area (Å²) in [5.74, 6) is 8.89. The van der Waals surface area contributed by atoms with E-state index in [2.05, 4.69) is 135 Å². The fourth-order valence-electron chi connectivity index (χ4n) is 9.74. The van der Waals surface area contributed by atoms with Crippen molar-refractivity contribution >= 4 is 83.6 Å². The third kappa shape index (κ3) is 9.21. The Morgan fingerprint density at radius 2 is 1.35 bits per heavy atom. The van der Waals surface area contributed by atoms with Crippen LogP contribution in [0.5, 0.6) is 0 Å². The van der Waals surface area contributed by atoms with E-state index in [1.807, 2.05) is 43.3 Å². The van der Waals surface area contributed by atoms with Crippen LogP contribution < -0.4 is 4.40 Å². The molecule has 11 aromatic rings. The summed E-state index contributed by atoms with van der Waals surface area (Å²) >= 11 is -1.98. The van der Waals surface area contributed by atoms with Crippen LogP contribution in [0.2, 0.25) is 17.3 Å². The number of para-hydroxylation sites is 2. The summed E-state index contributed by atoms with van der Waals surface area (Å²) in [4.78, 5) is 18.8. The number of alkyl halides is 3. The van der Waals surface area contributed by atoms with Crippen molar-refractivity contribution in [2.24, 2.45) is 5.92 Å². The summed E-state index contributed by atoms with van der Waals surface area (Å²) in [5, 5.41) is 4.39. The molecule has 5 aromatic carbocycles. The second kappa shape index (κ2) is 19.1. The first-order valence-corrected chi connectivity index (χ1v) is 31.3. The number of benzene rings is 5. The summed E-state index contributed by atoms with van der Waals surface area (Å²) in [7, 11) is 0. The number of aromatic nitrogens is 5. The van der Waals surface area contributed by atoms with Gasteiger partial charge < -0.3 is 8.98 Å². The van der Waals surface area contributed by atoms with Gasteiger partial charge in [-0.15, -0.1) is 18.2 Å². The fraction of sp³-hybridized carbons (Fsp3) is 0.254. The van der Waals surface area contributed by atoms with Crippen LogP contribution in [0.15, 0.2) is 124 Å². The zero-order valence-corrected chi connectivity index (χ0v) is 45.9. The van der Waals surface area contributed by atoms with E-state index in [1.165, 1.54) is 16.0 Å². The minimum absolute atomic E-state index is 0. The van der Waals surface area contributed by atoms with E-state index in [0.717, 1.165) is 90.1 Å². The molecule has 7 nitrogen and oxygen atoms in total. The van der Waals surface area contributed by atoms with E-state index in [-0.39, 0.29) is 37.7 Å². The van der Waals surface area contributed by atoms with Crippen LogP contribution in [-0.2, 0) is 32.7 Å². The maximum Gasteiger partial charge on any atom is 0.433 e. The molecule has 1 radical (unpaired) electrons. The number of rotatable bonds is 8. The number of pyridine rings is 3. The van der Waals surface area contributed by atoms with Gasteiger partial charge in [-0.3, -0.25) is 9.97 Å². The summed E-state index contributed by atoms with van der Waals surface area (Å²) in [6.07, 6.45) is -1.37. The number of fused-ring (bicyclic) bond motifs is 9. The van der Waals surface area contributed by atoms with Crippen molar-refractivity contribution < 1.29 is 42.1 Å². The van der Waals surface area contributed by atoms with Crippen molar-refractivity contribution in [3.05, 3.63) is 156 Å². The normalized spacial score (nSPS) is 12.3. The largest absolute Gasteiger partial charge is 0.486 e. The second-order valence-electron chi connectivity index (χ2n) is 20.3. The van der Waals surface area contributed by atoms with E-state index in [9.17, 15) is 13.2 Å². The Morgan fingerprint density at radius 3 is 2.03 bits per heavy atom. The van der Waals surface area contributed by atoms with Crippen molar-refractivity contribution in [2.45, 2.75) is 90.2 Å². The molecule has 0 aliphatic carbocycles. The van der Waals surface area contributed by atoms with Crippen LogP contribution >= 0.6 is 0 Å². The van der Waals surface area contributed by atoms with Gasteiger partial charge in [-0.05, 0) is 54.2 Å². The van der Waals surface area contributed by atoms with E-state index < -0.39 is 25.1 Å². The summed E-state index contributed by atoms with van der Waals surface area (Å²) in [6.45, 7) is 15.2. The maximum absolute atomic E-state index is 13.5. The topological polar surface area (TPSA) is 82.8 Å². The van der Waals surface area contributed by atoms with Gasteiger partial charge in [0.05, 0.1) is 28.0 Å². The molecule has 0 saturated carbocycles. The van der Waals surface area contributed by atoms with Crippen molar-refractivity contribution in [2.75, 3.05) is 0 Å². The molecule has 0 bridgehead atoms. The van der Waals surface area contributed by atoms with Crippen LogP contribution in [0.4, 0.5) is 13.2 Å². The van der Waals surface area contributed by atoms with Crippen LogP contribution in [0.1, 0.15) is 81.5 Å². The van der Waals surface area contributed by atoms with E-state index in [1.54, 1.807) is 12.1 Å². The Labute approximate surface area is 427 Å². The minimum Gasteiger partial charge on any atom is -0.486 e. The number of imidazole rings is 1. The number of halogens is 3. The predicted octanol–water partition coefficient (Wildman–Crippen LogP) is 16.1. The summed E-state index contributed by atoms with van der Waals surface area (Å²) in [6, 6.07) is 41.6. The zero-order chi connectivity index (χ0) is 49.4. The van der Waals surface area contributed by atoms with Gasteiger partial charge >= 0.3 is 170 Å². The molecule has 363 valence electrons. The molecule has 0 aliphatic heterocycles. The third-order valence-corrected chi connectivity index (χ3v) is 17.3. The molecule has 0 spiro atoms. The van der Waals surface area contributed by atoms with E-state index in [4.69, 9.17) is 23.8 Å². The molecular weight excluding hydrogens is 1130 g/mol. The maximum atomic E-state index is 13.5. The van der Waals surface area contributed by atoms with Gasteiger partial charge in [-0.25, -0.2) is 4.98 Å². The Hall–Kier alpha value is -6.14. The molecule has 6 aromatic heterocycles. The summed E-state index contributed by atoms with van der Waals surface area (Å²) in [5.41, 5.74) is 11.6. The minimum atomic E-state index is -4.59. The van der Waals surface area contributed by atoms with Gasteiger partial charge in [0.15, 0.2) is 0 Å². The van der Waals surface area contributed by atoms with Crippen molar-refractivity contribution in [3.8, 4) is 28.3 Å². The SMILES string of the molecule is CC(C)Cc1cc(-c2[c-]ccc3c2oc2ccccc23)nc[c]1[Ge]([CH3])([CH3])[CH3].Cc1ccc2ccc3nc(-c4[c-]ccc5c4oc4nc(C(F)(F)F)ccc45)n(-c4c(C(C)C)cccc4C(C)C)c3c2n1.[Ir]. The van der Waals surface area contributed by atoms with Gasteiger partial charge in [0.2, 0.25) is 5.71 Å². The molecule has 0 fully saturated rings. The first-order chi connectivity index (χ1) is 33.4. The fourth-order valence-corrected chi connectivity index (χ4v) is 13.1.